The highest BCUT2D eigenvalue weighted by Gasteiger charge is 2.41. The largest absolute Gasteiger partial charge is 0.463 e. The molecule has 0 unspecified atom stereocenters. The molecule has 0 saturated carbocycles. The second kappa shape index (κ2) is 8.05. The highest BCUT2D eigenvalue weighted by Crippen LogP contribution is 2.43. The molecule has 0 saturated heterocycles. The summed E-state index contributed by atoms with van der Waals surface area (Å²) in [6, 6.07) is 12.6. The Bertz CT molecular complexity index is 1050. The molecule has 0 fully saturated rings. The molecule has 1 amide bonds. The highest BCUT2D eigenvalue weighted by molar-refractivity contribution is 8.21. The first-order valence-electron chi connectivity index (χ1n) is 9.24. The molecule has 1 atom stereocenters. The van der Waals surface area contributed by atoms with Gasteiger partial charge in [-0.15, -0.1) is 0 Å². The Balaban J connectivity index is 1.83. The molecule has 2 aliphatic heterocycles. The van der Waals surface area contributed by atoms with E-state index in [2.05, 4.69) is 9.98 Å². The van der Waals surface area contributed by atoms with Crippen LogP contribution in [0.3, 0.4) is 0 Å². The van der Waals surface area contributed by atoms with Crippen LogP contribution >= 0.6 is 11.8 Å². The topological polar surface area (TPSA) is 71.9 Å². The lowest BCUT2D eigenvalue weighted by Gasteiger charge is -2.38. The first kappa shape index (κ1) is 19.1. The SMILES string of the molecule is CCOC(=O)C1=C(C)N=C2SC(c3ccncc3)=CC(=O)N2[C@H]1c1ccccc1. The Labute approximate surface area is 173 Å². The van der Waals surface area contributed by atoms with Crippen molar-refractivity contribution < 1.29 is 14.3 Å². The number of aromatic nitrogens is 1. The highest BCUT2D eigenvalue weighted by atomic mass is 32.2. The van der Waals surface area contributed by atoms with Gasteiger partial charge in [-0.25, -0.2) is 9.79 Å². The van der Waals surface area contributed by atoms with Gasteiger partial charge in [-0.3, -0.25) is 14.7 Å². The number of amides is 1. The number of rotatable bonds is 4. The zero-order chi connectivity index (χ0) is 20.4. The third kappa shape index (κ3) is 3.61. The Morgan fingerprint density at radius 1 is 1.17 bits per heavy atom. The predicted molar refractivity (Wildman–Crippen MR) is 113 cm³/mol. The first-order valence-corrected chi connectivity index (χ1v) is 10.1. The van der Waals surface area contributed by atoms with Crippen molar-refractivity contribution in [1.29, 1.82) is 0 Å². The zero-order valence-corrected chi connectivity index (χ0v) is 16.8. The minimum Gasteiger partial charge on any atom is -0.463 e. The minimum absolute atomic E-state index is 0.225. The molecule has 1 aromatic heterocycles. The molecule has 2 aliphatic rings. The Morgan fingerprint density at radius 2 is 1.90 bits per heavy atom. The monoisotopic (exact) mass is 405 g/mol. The fourth-order valence-corrected chi connectivity index (χ4v) is 4.46. The van der Waals surface area contributed by atoms with Gasteiger partial charge >= 0.3 is 5.97 Å². The van der Waals surface area contributed by atoms with Gasteiger partial charge in [-0.05, 0) is 37.1 Å². The maximum atomic E-state index is 13.2. The second-order valence-electron chi connectivity index (χ2n) is 6.48. The van der Waals surface area contributed by atoms with Crippen molar-refractivity contribution in [2.75, 3.05) is 6.61 Å². The minimum atomic E-state index is -0.585. The van der Waals surface area contributed by atoms with Crippen molar-refractivity contribution in [2.45, 2.75) is 19.9 Å². The lowest BCUT2D eigenvalue weighted by molar-refractivity contribution is -0.139. The molecule has 1 aromatic carbocycles. The molecule has 3 heterocycles. The normalized spacial score (nSPS) is 18.8. The fourth-order valence-electron chi connectivity index (χ4n) is 3.38. The summed E-state index contributed by atoms with van der Waals surface area (Å²) < 4.78 is 5.28. The standard InChI is InChI=1S/C22H19N3O3S/c1-3-28-21(27)19-14(2)24-22-25(20(19)16-7-5-4-6-8-16)18(26)13-17(29-22)15-9-11-23-12-10-15/h4-13,20H,3H2,1-2H3/t20-/m0/s1. The van der Waals surface area contributed by atoms with E-state index in [1.165, 1.54) is 11.8 Å². The number of nitrogens with zero attached hydrogens (tertiary/aromatic N) is 3. The molecule has 2 aromatic rings. The van der Waals surface area contributed by atoms with Crippen molar-refractivity contribution in [2.24, 2.45) is 4.99 Å². The van der Waals surface area contributed by atoms with Crippen LogP contribution in [0.25, 0.3) is 4.91 Å². The van der Waals surface area contributed by atoms with E-state index in [1.807, 2.05) is 42.5 Å². The lowest BCUT2D eigenvalue weighted by Crippen LogP contribution is -2.44. The summed E-state index contributed by atoms with van der Waals surface area (Å²) in [5, 5.41) is 0.545. The molecule has 6 nitrogen and oxygen atoms in total. The van der Waals surface area contributed by atoms with Gasteiger partial charge in [0.25, 0.3) is 5.91 Å². The van der Waals surface area contributed by atoms with Crippen LogP contribution in [0.5, 0.6) is 0 Å². The van der Waals surface area contributed by atoms with Gasteiger partial charge in [0.2, 0.25) is 0 Å². The van der Waals surface area contributed by atoms with Gasteiger partial charge in [0.15, 0.2) is 5.17 Å². The number of hydrogen-bond donors (Lipinski definition) is 0. The molecule has 29 heavy (non-hydrogen) atoms. The number of fused-ring (bicyclic) bond motifs is 1. The van der Waals surface area contributed by atoms with Crippen molar-refractivity contribution in [3.05, 3.63) is 83.3 Å². The molecule has 0 aliphatic carbocycles. The third-order valence-electron chi connectivity index (χ3n) is 4.66. The summed E-state index contributed by atoms with van der Waals surface area (Å²) in [7, 11) is 0. The predicted octanol–water partition coefficient (Wildman–Crippen LogP) is 3.95. The number of esters is 1. The van der Waals surface area contributed by atoms with Crippen molar-refractivity contribution in [1.82, 2.24) is 9.88 Å². The van der Waals surface area contributed by atoms with Gasteiger partial charge in [0.05, 0.1) is 23.9 Å². The molecule has 0 spiro atoms. The number of hydrogen-bond acceptors (Lipinski definition) is 6. The summed E-state index contributed by atoms with van der Waals surface area (Å²) in [6.45, 7) is 3.79. The number of aliphatic imine (C=N–C) groups is 1. The molecule has 0 bridgehead atoms. The Kier molecular flexibility index (Phi) is 5.31. The number of ether oxygens (including phenoxy) is 1. The van der Waals surface area contributed by atoms with Gasteiger partial charge in [0, 0.05) is 23.4 Å². The van der Waals surface area contributed by atoms with Crippen LogP contribution in [0.2, 0.25) is 0 Å². The summed E-state index contributed by atoms with van der Waals surface area (Å²) in [6.07, 6.45) is 4.96. The average Bonchev–Trinajstić information content (AvgIpc) is 2.74. The summed E-state index contributed by atoms with van der Waals surface area (Å²) >= 11 is 1.40. The van der Waals surface area contributed by atoms with Crippen LogP contribution in [0, 0.1) is 0 Å². The Morgan fingerprint density at radius 3 is 2.59 bits per heavy atom. The lowest BCUT2D eigenvalue weighted by atomic mass is 9.94. The molecule has 4 rings (SSSR count). The van der Waals surface area contributed by atoms with Crippen LogP contribution in [0.15, 0.2) is 77.2 Å². The number of thioether (sulfide) groups is 1. The summed E-state index contributed by atoms with van der Waals surface area (Å²) in [5.41, 5.74) is 2.67. The van der Waals surface area contributed by atoms with E-state index < -0.39 is 12.0 Å². The summed E-state index contributed by atoms with van der Waals surface area (Å²) in [5.74, 6) is -0.680. The first-order chi connectivity index (χ1) is 14.1. The van der Waals surface area contributed by atoms with E-state index in [4.69, 9.17) is 4.74 Å². The maximum absolute atomic E-state index is 13.2. The number of amidine groups is 1. The van der Waals surface area contributed by atoms with Crippen molar-refractivity contribution >= 4 is 33.7 Å². The maximum Gasteiger partial charge on any atom is 0.338 e. The molecule has 146 valence electrons. The van der Waals surface area contributed by atoms with Gasteiger partial charge in [0.1, 0.15) is 0 Å². The van der Waals surface area contributed by atoms with Crippen LogP contribution < -0.4 is 0 Å². The average molecular weight is 405 g/mol. The van der Waals surface area contributed by atoms with Crippen LogP contribution in [0.4, 0.5) is 0 Å². The van der Waals surface area contributed by atoms with Crippen LogP contribution in [0.1, 0.15) is 31.0 Å². The second-order valence-corrected chi connectivity index (χ2v) is 7.49. The number of allylic oxidation sites excluding steroid dienone is 1. The van der Waals surface area contributed by atoms with Gasteiger partial charge < -0.3 is 4.74 Å². The number of pyridine rings is 1. The fraction of sp³-hybridized carbons (Fsp3) is 0.182. The van der Waals surface area contributed by atoms with Gasteiger partial charge in [-0.2, -0.15) is 0 Å². The molecule has 0 N–H and O–H groups in total. The van der Waals surface area contributed by atoms with Crippen LogP contribution in [-0.2, 0) is 14.3 Å². The smallest absolute Gasteiger partial charge is 0.338 e. The zero-order valence-electron chi connectivity index (χ0n) is 16.0. The van der Waals surface area contributed by atoms with E-state index >= 15 is 0 Å². The number of benzene rings is 1. The van der Waals surface area contributed by atoms with E-state index in [-0.39, 0.29) is 12.5 Å². The van der Waals surface area contributed by atoms with Crippen LogP contribution in [-0.4, -0.2) is 33.5 Å². The van der Waals surface area contributed by atoms with E-state index in [1.54, 1.807) is 37.2 Å². The van der Waals surface area contributed by atoms with Crippen molar-refractivity contribution in [3.8, 4) is 0 Å². The van der Waals surface area contributed by atoms with E-state index in [9.17, 15) is 9.59 Å². The molecule has 0 radical (unpaired) electrons. The molecule has 7 heteroatoms. The summed E-state index contributed by atoms with van der Waals surface area (Å²) in [4.78, 5) is 36.9. The quantitative estimate of drug-likeness (QED) is 0.721. The van der Waals surface area contributed by atoms with Crippen molar-refractivity contribution in [3.63, 3.8) is 0 Å². The Hall–Kier alpha value is -3.19. The number of carbonyl (C=O) groups excluding carboxylic acids is 2. The molecular weight excluding hydrogens is 386 g/mol. The third-order valence-corrected chi connectivity index (χ3v) is 5.70. The van der Waals surface area contributed by atoms with E-state index in [0.717, 1.165) is 16.0 Å². The molecular formula is C22H19N3O3S. The van der Waals surface area contributed by atoms with E-state index in [0.29, 0.717) is 16.4 Å². The number of carbonyl (C=O) groups is 2. The van der Waals surface area contributed by atoms with Gasteiger partial charge in [-0.1, -0.05) is 42.1 Å².